The number of benzene rings is 1. The van der Waals surface area contributed by atoms with Gasteiger partial charge in [0.05, 0.1) is 13.2 Å². The van der Waals surface area contributed by atoms with Crippen LogP contribution in [-0.2, 0) is 16.1 Å². The van der Waals surface area contributed by atoms with Gasteiger partial charge in [-0.3, -0.25) is 4.79 Å². The zero-order chi connectivity index (χ0) is 15.9. The number of carboxylic acid groups (broad SMARTS) is 1. The first kappa shape index (κ1) is 16.1. The van der Waals surface area contributed by atoms with E-state index in [1.807, 2.05) is 0 Å². The Kier molecular flexibility index (Phi) is 5.63. The molecular weight excluding hydrogens is 286 g/mol. The van der Waals surface area contributed by atoms with E-state index in [9.17, 15) is 9.59 Å². The number of hydrogen-bond acceptors (Lipinski definition) is 4. The minimum Gasteiger partial charge on any atom is -0.497 e. The lowest BCUT2D eigenvalue weighted by Crippen LogP contribution is -2.30. The van der Waals surface area contributed by atoms with Gasteiger partial charge in [-0.1, -0.05) is 6.42 Å². The van der Waals surface area contributed by atoms with Crippen LogP contribution in [0, 0.1) is 0 Å². The molecule has 22 heavy (non-hydrogen) atoms. The van der Waals surface area contributed by atoms with Gasteiger partial charge in [0.1, 0.15) is 11.5 Å². The highest BCUT2D eigenvalue weighted by molar-refractivity contribution is 6.31. The Balaban J connectivity index is 2.09. The molecule has 0 spiro atoms. The minimum absolute atomic E-state index is 0.0877. The van der Waals surface area contributed by atoms with Gasteiger partial charge >= 0.3 is 11.9 Å². The van der Waals surface area contributed by atoms with E-state index >= 15 is 0 Å². The van der Waals surface area contributed by atoms with Crippen molar-refractivity contribution in [2.24, 2.45) is 0 Å². The fourth-order valence-electron chi connectivity index (χ4n) is 2.55. The number of amides is 1. The van der Waals surface area contributed by atoms with Gasteiger partial charge in [-0.15, -0.1) is 0 Å². The molecule has 1 aromatic carbocycles. The second-order valence-corrected chi connectivity index (χ2v) is 5.34. The highest BCUT2D eigenvalue weighted by Crippen LogP contribution is 2.28. The number of ether oxygens (including phenoxy) is 2. The van der Waals surface area contributed by atoms with E-state index in [0.29, 0.717) is 17.1 Å². The largest absolute Gasteiger partial charge is 0.497 e. The summed E-state index contributed by atoms with van der Waals surface area (Å²) in [5, 5.41) is 11.0. The quantitative estimate of drug-likeness (QED) is 0.814. The SMILES string of the molecule is COc1ccc(OC2CCCCC2)c(CNC(=O)C(=O)O)c1. The van der Waals surface area contributed by atoms with Crippen LogP contribution in [-0.4, -0.2) is 30.2 Å². The molecule has 0 saturated heterocycles. The summed E-state index contributed by atoms with van der Waals surface area (Å²) >= 11 is 0. The van der Waals surface area contributed by atoms with Crippen LogP contribution in [0.1, 0.15) is 37.7 Å². The van der Waals surface area contributed by atoms with E-state index in [0.717, 1.165) is 25.7 Å². The van der Waals surface area contributed by atoms with Gasteiger partial charge < -0.3 is 19.9 Å². The summed E-state index contributed by atoms with van der Waals surface area (Å²) in [5.74, 6) is -1.24. The van der Waals surface area contributed by atoms with Gasteiger partial charge in [0, 0.05) is 12.1 Å². The average molecular weight is 307 g/mol. The molecule has 120 valence electrons. The number of carbonyl (C=O) groups excluding carboxylic acids is 1. The Labute approximate surface area is 129 Å². The van der Waals surface area contributed by atoms with Crippen LogP contribution in [0.3, 0.4) is 0 Å². The maximum absolute atomic E-state index is 11.2. The molecule has 0 radical (unpaired) electrons. The second-order valence-electron chi connectivity index (χ2n) is 5.34. The van der Waals surface area contributed by atoms with Crippen LogP contribution in [0.2, 0.25) is 0 Å². The zero-order valence-electron chi connectivity index (χ0n) is 12.6. The van der Waals surface area contributed by atoms with E-state index in [2.05, 4.69) is 5.32 Å². The van der Waals surface area contributed by atoms with Crippen molar-refractivity contribution in [1.29, 1.82) is 0 Å². The number of hydrogen-bond donors (Lipinski definition) is 2. The molecular formula is C16H21NO5. The topological polar surface area (TPSA) is 84.9 Å². The first-order chi connectivity index (χ1) is 10.6. The third kappa shape index (κ3) is 4.38. The van der Waals surface area contributed by atoms with Crippen molar-refractivity contribution in [3.8, 4) is 11.5 Å². The van der Waals surface area contributed by atoms with Gasteiger partial charge in [-0.2, -0.15) is 0 Å². The molecule has 0 aromatic heterocycles. The molecule has 6 heteroatoms. The van der Waals surface area contributed by atoms with Crippen molar-refractivity contribution in [2.45, 2.75) is 44.8 Å². The molecule has 1 fully saturated rings. The van der Waals surface area contributed by atoms with Crippen LogP contribution in [0.25, 0.3) is 0 Å². The minimum atomic E-state index is -1.50. The van der Waals surface area contributed by atoms with Crippen molar-refractivity contribution in [2.75, 3.05) is 7.11 Å². The smallest absolute Gasteiger partial charge is 0.394 e. The fourth-order valence-corrected chi connectivity index (χ4v) is 2.55. The van der Waals surface area contributed by atoms with Gasteiger partial charge in [0.25, 0.3) is 0 Å². The summed E-state index contributed by atoms with van der Waals surface area (Å²) in [5.41, 5.74) is 0.708. The standard InChI is InChI=1S/C16H21NO5/c1-21-13-7-8-14(22-12-5-3-2-4-6-12)11(9-13)10-17-15(18)16(19)20/h7-9,12H,2-6,10H2,1H3,(H,17,18)(H,19,20). The van der Waals surface area contributed by atoms with Gasteiger partial charge in [-0.25, -0.2) is 4.79 Å². The summed E-state index contributed by atoms with van der Waals surface area (Å²) in [4.78, 5) is 21.8. The number of carboxylic acids is 1. The predicted octanol–water partition coefficient (Wildman–Crippen LogP) is 2.11. The molecule has 0 atom stereocenters. The molecule has 1 amide bonds. The molecule has 1 aliphatic carbocycles. The van der Waals surface area contributed by atoms with Crippen molar-refractivity contribution in [3.05, 3.63) is 23.8 Å². The van der Waals surface area contributed by atoms with Crippen LogP contribution in [0.5, 0.6) is 11.5 Å². The van der Waals surface area contributed by atoms with Crippen molar-refractivity contribution >= 4 is 11.9 Å². The number of aliphatic carboxylic acids is 1. The van der Waals surface area contributed by atoms with Crippen LogP contribution >= 0.6 is 0 Å². The predicted molar refractivity (Wildman–Crippen MR) is 80.0 cm³/mol. The normalized spacial score (nSPS) is 15.1. The first-order valence-corrected chi connectivity index (χ1v) is 7.45. The molecule has 0 heterocycles. The molecule has 1 aromatic rings. The monoisotopic (exact) mass is 307 g/mol. The molecule has 2 N–H and O–H groups in total. The van der Waals surface area contributed by atoms with E-state index < -0.39 is 11.9 Å². The van der Waals surface area contributed by atoms with E-state index in [1.165, 1.54) is 6.42 Å². The van der Waals surface area contributed by atoms with Crippen LogP contribution in [0.4, 0.5) is 0 Å². The van der Waals surface area contributed by atoms with E-state index in [4.69, 9.17) is 14.6 Å². The summed E-state index contributed by atoms with van der Waals surface area (Å²) < 4.78 is 11.2. The molecule has 6 nitrogen and oxygen atoms in total. The number of carbonyl (C=O) groups is 2. The maximum atomic E-state index is 11.2. The van der Waals surface area contributed by atoms with E-state index in [-0.39, 0.29) is 12.6 Å². The lowest BCUT2D eigenvalue weighted by molar-refractivity contribution is -0.150. The van der Waals surface area contributed by atoms with Crippen molar-refractivity contribution < 1.29 is 24.2 Å². The Hall–Kier alpha value is -2.24. The van der Waals surface area contributed by atoms with Crippen LogP contribution in [0.15, 0.2) is 18.2 Å². The molecule has 0 unspecified atom stereocenters. The van der Waals surface area contributed by atoms with Gasteiger partial charge in [-0.05, 0) is 43.9 Å². The highest BCUT2D eigenvalue weighted by Gasteiger charge is 2.18. The third-order valence-electron chi connectivity index (χ3n) is 3.75. The Morgan fingerprint density at radius 1 is 1.27 bits per heavy atom. The average Bonchev–Trinajstić information content (AvgIpc) is 2.54. The lowest BCUT2D eigenvalue weighted by Gasteiger charge is -2.24. The lowest BCUT2D eigenvalue weighted by atomic mass is 9.97. The van der Waals surface area contributed by atoms with Crippen molar-refractivity contribution in [3.63, 3.8) is 0 Å². The molecule has 2 rings (SSSR count). The number of nitrogens with one attached hydrogen (secondary N) is 1. The van der Waals surface area contributed by atoms with Crippen LogP contribution < -0.4 is 14.8 Å². The zero-order valence-corrected chi connectivity index (χ0v) is 12.6. The Morgan fingerprint density at radius 2 is 2.00 bits per heavy atom. The number of methoxy groups -OCH3 is 1. The Bertz CT molecular complexity index is 537. The second kappa shape index (κ2) is 7.68. The highest BCUT2D eigenvalue weighted by atomic mass is 16.5. The molecule has 1 saturated carbocycles. The van der Waals surface area contributed by atoms with Crippen molar-refractivity contribution in [1.82, 2.24) is 5.32 Å². The summed E-state index contributed by atoms with van der Waals surface area (Å²) in [6.45, 7) is 0.0877. The van der Waals surface area contributed by atoms with E-state index in [1.54, 1.807) is 25.3 Å². The maximum Gasteiger partial charge on any atom is 0.394 e. The molecule has 1 aliphatic rings. The summed E-state index contributed by atoms with van der Waals surface area (Å²) in [7, 11) is 1.55. The van der Waals surface area contributed by atoms with Gasteiger partial charge in [0.15, 0.2) is 0 Å². The summed E-state index contributed by atoms with van der Waals surface area (Å²) in [6.07, 6.45) is 5.78. The first-order valence-electron chi connectivity index (χ1n) is 7.45. The molecule has 0 bridgehead atoms. The summed E-state index contributed by atoms with van der Waals surface area (Å²) in [6, 6.07) is 5.34. The van der Waals surface area contributed by atoms with Gasteiger partial charge in [0.2, 0.25) is 0 Å². The third-order valence-corrected chi connectivity index (χ3v) is 3.75. The fraction of sp³-hybridized carbons (Fsp3) is 0.500. The molecule has 0 aliphatic heterocycles. The number of rotatable bonds is 5. The Morgan fingerprint density at radius 3 is 2.64 bits per heavy atom.